The Morgan fingerprint density at radius 3 is 2.65 bits per heavy atom. The summed E-state index contributed by atoms with van der Waals surface area (Å²) in [6.45, 7) is 1.76. The summed E-state index contributed by atoms with van der Waals surface area (Å²) in [5.41, 5.74) is 2.52. The molecule has 3 aromatic carbocycles. The molecule has 0 aliphatic carbocycles. The maximum atomic E-state index is 13.2. The molecule has 1 aromatic heterocycles. The van der Waals surface area contributed by atoms with Gasteiger partial charge in [-0.3, -0.25) is 4.79 Å². The number of fused-ring (bicyclic) bond motifs is 1. The van der Waals surface area contributed by atoms with Gasteiger partial charge in [0.2, 0.25) is 5.13 Å². The predicted octanol–water partition coefficient (Wildman–Crippen LogP) is 5.84. The van der Waals surface area contributed by atoms with Crippen molar-refractivity contribution in [2.75, 3.05) is 11.6 Å². The van der Waals surface area contributed by atoms with E-state index in [2.05, 4.69) is 10.1 Å². The lowest BCUT2D eigenvalue weighted by atomic mass is 10.2. The molecule has 0 atom stereocenters. The second-order valence-corrected chi connectivity index (χ2v) is 8.16. The molecule has 0 aliphatic heterocycles. The number of aromatic nitrogens is 1. The largest absolute Gasteiger partial charge is 0.484 e. The van der Waals surface area contributed by atoms with Gasteiger partial charge < -0.3 is 4.74 Å². The Morgan fingerprint density at radius 2 is 1.90 bits per heavy atom. The number of nitrogens with zero attached hydrogens (tertiary/aromatic N) is 3. The van der Waals surface area contributed by atoms with Crippen LogP contribution in [0, 0.1) is 12.7 Å². The van der Waals surface area contributed by atoms with E-state index in [1.165, 1.54) is 34.7 Å². The highest BCUT2D eigenvalue weighted by Crippen LogP contribution is 2.30. The van der Waals surface area contributed by atoms with E-state index in [9.17, 15) is 9.18 Å². The van der Waals surface area contributed by atoms with Crippen molar-refractivity contribution < 1.29 is 13.9 Å². The fourth-order valence-electron chi connectivity index (χ4n) is 2.74. The van der Waals surface area contributed by atoms with Gasteiger partial charge in [0.15, 0.2) is 6.61 Å². The smallest absolute Gasteiger partial charge is 0.287 e. The van der Waals surface area contributed by atoms with Gasteiger partial charge in [0, 0.05) is 5.02 Å². The second kappa shape index (κ2) is 9.24. The Hall–Kier alpha value is -3.29. The summed E-state index contributed by atoms with van der Waals surface area (Å²) >= 11 is 7.24. The molecular formula is C23H17ClFN3O2S. The minimum absolute atomic E-state index is 0.239. The number of hydrogen-bond acceptors (Lipinski definition) is 5. The number of amides is 1. The van der Waals surface area contributed by atoms with E-state index in [4.69, 9.17) is 16.3 Å². The van der Waals surface area contributed by atoms with Crippen molar-refractivity contribution in [3.8, 4) is 5.75 Å². The van der Waals surface area contributed by atoms with Crippen LogP contribution in [-0.4, -0.2) is 23.7 Å². The Kier molecular flexibility index (Phi) is 6.25. The van der Waals surface area contributed by atoms with Crippen LogP contribution in [0.2, 0.25) is 5.02 Å². The molecule has 31 heavy (non-hydrogen) atoms. The van der Waals surface area contributed by atoms with Crippen LogP contribution in [0.25, 0.3) is 10.2 Å². The van der Waals surface area contributed by atoms with Crippen LogP contribution in [-0.2, 0) is 4.79 Å². The number of hydrogen-bond donors (Lipinski definition) is 0. The molecule has 0 radical (unpaired) electrons. The van der Waals surface area contributed by atoms with Gasteiger partial charge in [0.05, 0.1) is 16.4 Å². The molecular weight excluding hydrogens is 437 g/mol. The summed E-state index contributed by atoms with van der Waals surface area (Å²) in [6, 6.07) is 18.4. The lowest BCUT2D eigenvalue weighted by molar-refractivity contribution is -0.120. The minimum atomic E-state index is -0.399. The van der Waals surface area contributed by atoms with Gasteiger partial charge in [-0.25, -0.2) is 9.37 Å². The first-order chi connectivity index (χ1) is 15.0. The highest BCUT2D eigenvalue weighted by molar-refractivity contribution is 7.22. The average Bonchev–Trinajstić information content (AvgIpc) is 3.17. The molecule has 0 aliphatic rings. The van der Waals surface area contributed by atoms with E-state index >= 15 is 0 Å². The van der Waals surface area contributed by atoms with Crippen molar-refractivity contribution in [3.05, 3.63) is 88.7 Å². The maximum absolute atomic E-state index is 13.2. The number of carbonyl (C=O) groups excluding carboxylic acids is 1. The van der Waals surface area contributed by atoms with Gasteiger partial charge in [-0.1, -0.05) is 41.1 Å². The van der Waals surface area contributed by atoms with Gasteiger partial charge >= 0.3 is 0 Å². The first-order valence-corrected chi connectivity index (χ1v) is 10.6. The Labute approximate surface area is 187 Å². The highest BCUT2D eigenvalue weighted by Gasteiger charge is 2.20. The molecule has 0 fully saturated rings. The van der Waals surface area contributed by atoms with Crippen LogP contribution in [0.15, 0.2) is 71.8 Å². The Bertz CT molecular complexity index is 1240. The van der Waals surface area contributed by atoms with Crippen LogP contribution in [0.4, 0.5) is 9.52 Å². The van der Waals surface area contributed by atoms with Crippen LogP contribution in [0.3, 0.4) is 0 Å². The molecule has 0 N–H and O–H groups in total. The molecule has 0 spiro atoms. The van der Waals surface area contributed by atoms with E-state index < -0.39 is 5.91 Å². The summed E-state index contributed by atoms with van der Waals surface area (Å²) in [4.78, 5) is 17.5. The second-order valence-electron chi connectivity index (χ2n) is 6.71. The maximum Gasteiger partial charge on any atom is 0.287 e. The molecule has 8 heteroatoms. The summed E-state index contributed by atoms with van der Waals surface area (Å²) in [7, 11) is 0. The van der Waals surface area contributed by atoms with Crippen LogP contribution < -0.4 is 9.75 Å². The number of rotatable bonds is 6. The molecule has 1 amide bonds. The van der Waals surface area contributed by atoms with Crippen LogP contribution in [0.1, 0.15) is 11.1 Å². The third kappa shape index (κ3) is 5.25. The van der Waals surface area contributed by atoms with Crippen LogP contribution in [0.5, 0.6) is 5.75 Å². The van der Waals surface area contributed by atoms with Crippen molar-refractivity contribution in [2.24, 2.45) is 5.10 Å². The first kappa shape index (κ1) is 21.0. The molecule has 1 heterocycles. The molecule has 0 bridgehead atoms. The number of aryl methyl sites for hydroxylation is 1. The van der Waals surface area contributed by atoms with Crippen molar-refractivity contribution >= 4 is 50.4 Å². The zero-order valence-electron chi connectivity index (χ0n) is 16.5. The number of anilines is 1. The molecule has 0 saturated heterocycles. The highest BCUT2D eigenvalue weighted by atomic mass is 35.5. The Balaban J connectivity index is 1.61. The van der Waals surface area contributed by atoms with Gasteiger partial charge in [-0.15, -0.1) is 0 Å². The summed E-state index contributed by atoms with van der Waals surface area (Å²) < 4.78 is 19.7. The number of benzene rings is 3. The molecule has 4 aromatic rings. The number of halogens is 2. The SMILES string of the molecule is Cc1ccc2nc(N(/N=C/c3ccc(F)cc3)C(=O)COc3ccc(Cl)cc3)sc2c1. The van der Waals surface area contributed by atoms with Gasteiger partial charge in [0.1, 0.15) is 11.6 Å². The van der Waals surface area contributed by atoms with E-state index in [0.717, 1.165) is 15.8 Å². The zero-order valence-corrected chi connectivity index (χ0v) is 18.0. The van der Waals surface area contributed by atoms with E-state index in [-0.39, 0.29) is 12.4 Å². The predicted molar refractivity (Wildman–Crippen MR) is 123 cm³/mol. The number of hydrazone groups is 1. The molecule has 4 rings (SSSR count). The van der Waals surface area contributed by atoms with Gasteiger partial charge in [0.25, 0.3) is 5.91 Å². The third-order valence-electron chi connectivity index (χ3n) is 4.32. The van der Waals surface area contributed by atoms with E-state index in [0.29, 0.717) is 21.5 Å². The minimum Gasteiger partial charge on any atom is -0.484 e. The van der Waals surface area contributed by atoms with Gasteiger partial charge in [-0.2, -0.15) is 10.1 Å². The molecule has 0 unspecified atom stereocenters. The van der Waals surface area contributed by atoms with Crippen molar-refractivity contribution in [1.29, 1.82) is 0 Å². The zero-order chi connectivity index (χ0) is 21.8. The molecule has 5 nitrogen and oxygen atoms in total. The standard InChI is InChI=1S/C23H17ClFN3O2S/c1-15-2-11-20-21(12-15)31-23(27-20)28(26-13-16-3-7-18(25)8-4-16)22(29)14-30-19-9-5-17(24)6-10-19/h2-13H,14H2,1H3/b26-13+. The normalized spacial score (nSPS) is 11.2. The number of carbonyl (C=O) groups is 1. The molecule has 0 saturated carbocycles. The number of thiazole rings is 1. The molecule has 156 valence electrons. The Morgan fingerprint density at radius 1 is 1.16 bits per heavy atom. The summed E-state index contributed by atoms with van der Waals surface area (Å²) in [5, 5.41) is 6.53. The number of ether oxygens (including phenoxy) is 1. The average molecular weight is 454 g/mol. The first-order valence-electron chi connectivity index (χ1n) is 9.36. The van der Waals surface area contributed by atoms with E-state index in [1.807, 2.05) is 25.1 Å². The fraction of sp³-hybridized carbons (Fsp3) is 0.0870. The summed E-state index contributed by atoms with van der Waals surface area (Å²) in [5.74, 6) is -0.229. The third-order valence-corrected chi connectivity index (χ3v) is 5.56. The van der Waals surface area contributed by atoms with Crippen molar-refractivity contribution in [2.45, 2.75) is 6.92 Å². The van der Waals surface area contributed by atoms with Crippen molar-refractivity contribution in [1.82, 2.24) is 4.98 Å². The van der Waals surface area contributed by atoms with Crippen LogP contribution >= 0.6 is 22.9 Å². The fourth-order valence-corrected chi connectivity index (χ4v) is 3.91. The van der Waals surface area contributed by atoms with Gasteiger partial charge in [-0.05, 0) is 66.6 Å². The topological polar surface area (TPSA) is 54.8 Å². The van der Waals surface area contributed by atoms with Crippen molar-refractivity contribution in [3.63, 3.8) is 0 Å². The summed E-state index contributed by atoms with van der Waals surface area (Å²) in [6.07, 6.45) is 1.48. The lowest BCUT2D eigenvalue weighted by Crippen LogP contribution is -2.30. The van der Waals surface area contributed by atoms with E-state index in [1.54, 1.807) is 36.4 Å². The quantitative estimate of drug-likeness (QED) is 0.272. The monoisotopic (exact) mass is 453 g/mol. The lowest BCUT2D eigenvalue weighted by Gasteiger charge is -2.14.